The van der Waals surface area contributed by atoms with Crippen LogP contribution in [0.2, 0.25) is 0 Å². The Kier molecular flexibility index (Phi) is 4.90. The number of ether oxygens (including phenoxy) is 2. The molecule has 1 unspecified atom stereocenters. The van der Waals surface area contributed by atoms with E-state index in [2.05, 4.69) is 11.1 Å². The van der Waals surface area contributed by atoms with E-state index in [0.29, 0.717) is 25.4 Å². The van der Waals surface area contributed by atoms with Crippen molar-refractivity contribution in [2.75, 3.05) is 13.1 Å². The van der Waals surface area contributed by atoms with Crippen molar-refractivity contribution in [2.45, 2.75) is 51.9 Å². The van der Waals surface area contributed by atoms with Gasteiger partial charge >= 0.3 is 6.09 Å². The smallest absolute Gasteiger partial charge is 0.410 e. The standard InChI is InChI=1S/C17H23N3O3/c1-16(2,3)23-15(21)20-9-7-17(4,12-20)22-11-13-6-5-8-19-14(13)10-18/h5-6,8H,7,9,11-12H2,1-4H3. The van der Waals surface area contributed by atoms with Crippen LogP contribution in [0.25, 0.3) is 0 Å². The van der Waals surface area contributed by atoms with Gasteiger partial charge in [0.1, 0.15) is 17.4 Å². The predicted molar refractivity (Wildman–Crippen MR) is 84.6 cm³/mol. The van der Waals surface area contributed by atoms with Crippen molar-refractivity contribution in [3.8, 4) is 6.07 Å². The van der Waals surface area contributed by atoms with Crippen LogP contribution in [-0.2, 0) is 16.1 Å². The fourth-order valence-corrected chi connectivity index (χ4v) is 2.44. The summed E-state index contributed by atoms with van der Waals surface area (Å²) in [7, 11) is 0. The van der Waals surface area contributed by atoms with Gasteiger partial charge in [-0.1, -0.05) is 6.07 Å². The van der Waals surface area contributed by atoms with Crippen LogP contribution in [0.15, 0.2) is 18.3 Å². The van der Waals surface area contributed by atoms with E-state index in [1.807, 2.05) is 33.8 Å². The second-order valence-electron chi connectivity index (χ2n) is 7.01. The summed E-state index contributed by atoms with van der Waals surface area (Å²) in [5.41, 5.74) is 0.179. The number of likely N-dealkylation sites (tertiary alicyclic amines) is 1. The van der Waals surface area contributed by atoms with Gasteiger partial charge in [-0.05, 0) is 40.2 Å². The summed E-state index contributed by atoms with van der Waals surface area (Å²) in [6.45, 7) is 8.90. The van der Waals surface area contributed by atoms with Crippen LogP contribution in [0.5, 0.6) is 0 Å². The molecule has 124 valence electrons. The van der Waals surface area contributed by atoms with E-state index in [-0.39, 0.29) is 6.09 Å². The molecule has 1 fully saturated rings. The summed E-state index contributed by atoms with van der Waals surface area (Å²) in [6, 6.07) is 5.67. The maximum atomic E-state index is 12.1. The normalized spacial score (nSPS) is 21.1. The van der Waals surface area contributed by atoms with Crippen molar-refractivity contribution < 1.29 is 14.3 Å². The monoisotopic (exact) mass is 317 g/mol. The molecule has 1 aliphatic rings. The largest absolute Gasteiger partial charge is 0.444 e. The molecule has 1 aliphatic heterocycles. The van der Waals surface area contributed by atoms with Gasteiger partial charge in [0.25, 0.3) is 0 Å². The fourth-order valence-electron chi connectivity index (χ4n) is 2.44. The molecule has 0 spiro atoms. The van der Waals surface area contributed by atoms with Gasteiger partial charge in [-0.15, -0.1) is 0 Å². The number of hydrogen-bond donors (Lipinski definition) is 0. The molecule has 2 heterocycles. The molecule has 0 saturated carbocycles. The second kappa shape index (κ2) is 6.55. The molecule has 1 aromatic rings. The van der Waals surface area contributed by atoms with Crippen LogP contribution >= 0.6 is 0 Å². The molecule has 1 saturated heterocycles. The highest BCUT2D eigenvalue weighted by Gasteiger charge is 2.38. The van der Waals surface area contributed by atoms with E-state index in [0.717, 1.165) is 12.0 Å². The Hall–Kier alpha value is -2.13. The molecule has 1 atom stereocenters. The van der Waals surface area contributed by atoms with E-state index < -0.39 is 11.2 Å². The van der Waals surface area contributed by atoms with Gasteiger partial charge in [-0.2, -0.15) is 5.26 Å². The summed E-state index contributed by atoms with van der Waals surface area (Å²) in [5.74, 6) is 0. The Balaban J connectivity index is 1.94. The quantitative estimate of drug-likeness (QED) is 0.857. The van der Waals surface area contributed by atoms with Crippen molar-refractivity contribution in [3.63, 3.8) is 0 Å². The van der Waals surface area contributed by atoms with E-state index in [1.54, 1.807) is 17.2 Å². The third kappa shape index (κ3) is 4.67. The highest BCUT2D eigenvalue weighted by molar-refractivity contribution is 5.68. The Morgan fingerprint density at radius 2 is 2.26 bits per heavy atom. The zero-order chi connectivity index (χ0) is 17.1. The SMILES string of the molecule is CC(C)(C)OC(=O)N1CCC(C)(OCc2cccnc2C#N)C1. The number of amides is 1. The Morgan fingerprint density at radius 3 is 2.91 bits per heavy atom. The molecule has 0 bridgehead atoms. The van der Waals surface area contributed by atoms with Gasteiger partial charge in [-0.3, -0.25) is 0 Å². The maximum absolute atomic E-state index is 12.1. The van der Waals surface area contributed by atoms with Gasteiger partial charge in [0.2, 0.25) is 0 Å². The first kappa shape index (κ1) is 17.2. The minimum absolute atomic E-state index is 0.301. The summed E-state index contributed by atoms with van der Waals surface area (Å²) in [5, 5.41) is 9.06. The van der Waals surface area contributed by atoms with Crippen molar-refractivity contribution >= 4 is 6.09 Å². The highest BCUT2D eigenvalue weighted by Crippen LogP contribution is 2.27. The number of pyridine rings is 1. The lowest BCUT2D eigenvalue weighted by Crippen LogP contribution is -2.39. The molecule has 1 aromatic heterocycles. The predicted octanol–water partition coefficient (Wildman–Crippen LogP) is 2.87. The van der Waals surface area contributed by atoms with E-state index in [9.17, 15) is 4.79 Å². The average molecular weight is 317 g/mol. The zero-order valence-corrected chi connectivity index (χ0v) is 14.1. The molecule has 0 aromatic carbocycles. The number of carbonyl (C=O) groups excluding carboxylic acids is 1. The summed E-state index contributed by atoms with van der Waals surface area (Å²) >= 11 is 0. The fraction of sp³-hybridized carbons (Fsp3) is 0.588. The van der Waals surface area contributed by atoms with Crippen LogP contribution in [0.1, 0.15) is 45.4 Å². The molecule has 0 radical (unpaired) electrons. The minimum atomic E-state index is -0.506. The van der Waals surface area contributed by atoms with Crippen LogP contribution in [-0.4, -0.2) is 40.3 Å². The van der Waals surface area contributed by atoms with Gasteiger partial charge in [-0.25, -0.2) is 9.78 Å². The van der Waals surface area contributed by atoms with E-state index in [4.69, 9.17) is 14.7 Å². The maximum Gasteiger partial charge on any atom is 0.410 e. The molecular weight excluding hydrogens is 294 g/mol. The lowest BCUT2D eigenvalue weighted by atomic mass is 10.1. The molecule has 6 heteroatoms. The first-order valence-corrected chi connectivity index (χ1v) is 7.68. The lowest BCUT2D eigenvalue weighted by Gasteiger charge is -2.27. The third-order valence-corrected chi connectivity index (χ3v) is 3.66. The van der Waals surface area contributed by atoms with Crippen LogP contribution in [0.4, 0.5) is 4.79 Å². The summed E-state index contributed by atoms with van der Waals surface area (Å²) < 4.78 is 11.4. The van der Waals surface area contributed by atoms with Gasteiger partial charge in [0.05, 0.1) is 18.8 Å². The Bertz CT molecular complexity index is 618. The number of hydrogen-bond acceptors (Lipinski definition) is 5. The van der Waals surface area contributed by atoms with Crippen molar-refractivity contribution in [1.29, 1.82) is 5.26 Å². The van der Waals surface area contributed by atoms with Gasteiger partial charge in [0, 0.05) is 18.3 Å². The zero-order valence-electron chi connectivity index (χ0n) is 14.1. The first-order chi connectivity index (χ1) is 10.7. The van der Waals surface area contributed by atoms with E-state index in [1.165, 1.54) is 0 Å². The number of aromatic nitrogens is 1. The molecule has 6 nitrogen and oxygen atoms in total. The molecular formula is C17H23N3O3. The second-order valence-corrected chi connectivity index (χ2v) is 7.01. The summed E-state index contributed by atoms with van der Waals surface area (Å²) in [6.07, 6.45) is 2.00. The van der Waals surface area contributed by atoms with Gasteiger partial charge in [0.15, 0.2) is 0 Å². The van der Waals surface area contributed by atoms with Gasteiger partial charge < -0.3 is 14.4 Å². The Labute approximate surface area is 137 Å². The topological polar surface area (TPSA) is 75.4 Å². The van der Waals surface area contributed by atoms with Crippen molar-refractivity contribution in [2.24, 2.45) is 0 Å². The Morgan fingerprint density at radius 1 is 1.52 bits per heavy atom. The van der Waals surface area contributed by atoms with E-state index >= 15 is 0 Å². The number of carbonyl (C=O) groups is 1. The number of nitrogens with zero attached hydrogens (tertiary/aromatic N) is 3. The summed E-state index contributed by atoms with van der Waals surface area (Å²) in [4.78, 5) is 17.8. The number of nitriles is 1. The molecule has 1 amide bonds. The third-order valence-electron chi connectivity index (χ3n) is 3.66. The average Bonchev–Trinajstić information content (AvgIpc) is 2.87. The van der Waals surface area contributed by atoms with Crippen molar-refractivity contribution in [3.05, 3.63) is 29.6 Å². The number of rotatable bonds is 3. The van der Waals surface area contributed by atoms with Crippen molar-refractivity contribution in [1.82, 2.24) is 9.88 Å². The first-order valence-electron chi connectivity index (χ1n) is 7.68. The van der Waals surface area contributed by atoms with Crippen LogP contribution < -0.4 is 0 Å². The minimum Gasteiger partial charge on any atom is -0.444 e. The lowest BCUT2D eigenvalue weighted by molar-refractivity contribution is -0.0376. The molecule has 0 N–H and O–H groups in total. The highest BCUT2D eigenvalue weighted by atomic mass is 16.6. The molecule has 0 aliphatic carbocycles. The molecule has 2 rings (SSSR count). The molecule has 23 heavy (non-hydrogen) atoms. The van der Waals surface area contributed by atoms with Crippen LogP contribution in [0.3, 0.4) is 0 Å². The van der Waals surface area contributed by atoms with Crippen LogP contribution in [0, 0.1) is 11.3 Å².